The number of allylic oxidation sites excluding steroid dienone is 5. The van der Waals surface area contributed by atoms with Crippen molar-refractivity contribution >= 4 is 0 Å². The molecule has 1 aromatic rings. The van der Waals surface area contributed by atoms with E-state index in [4.69, 9.17) is 0 Å². The molecule has 0 aliphatic heterocycles. The third kappa shape index (κ3) is 9.01. The summed E-state index contributed by atoms with van der Waals surface area (Å²) in [5, 5.41) is 0. The molecule has 0 nitrogen and oxygen atoms in total. The average molecular weight is 214 g/mol. The van der Waals surface area contributed by atoms with E-state index < -0.39 is 0 Å². The van der Waals surface area contributed by atoms with E-state index in [-0.39, 0.29) is 0 Å². The predicted octanol–water partition coefficient (Wildman–Crippen LogP) is 4.94. The molecule has 0 amide bonds. The minimum absolute atomic E-state index is 1.09. The van der Waals surface area contributed by atoms with Gasteiger partial charge in [0.05, 0.1) is 0 Å². The lowest BCUT2D eigenvalue weighted by Gasteiger charge is -1.89. The van der Waals surface area contributed by atoms with Crippen LogP contribution in [0.2, 0.25) is 0 Å². The zero-order valence-corrected chi connectivity index (χ0v) is 10.6. The van der Waals surface area contributed by atoms with Crippen LogP contribution in [0, 0.1) is 0 Å². The first-order valence-corrected chi connectivity index (χ1v) is 5.69. The molecule has 0 fully saturated rings. The van der Waals surface area contributed by atoms with E-state index in [0.29, 0.717) is 0 Å². The number of aryl methyl sites for hydroxylation is 1. The standard InChI is InChI=1S/C8H10.C8H12/c1-2-8-6-4-3-5-7-8;1-4-5-6-7-8(2)3/h3-7H,2H2,1H3;4-7H,2H2,1,3H3/b;5-4-,7-6-. The molecule has 0 bridgehead atoms. The number of rotatable bonds is 3. The van der Waals surface area contributed by atoms with Crippen molar-refractivity contribution < 1.29 is 0 Å². The Labute approximate surface area is 100 Å². The van der Waals surface area contributed by atoms with Gasteiger partial charge in [-0.05, 0) is 25.8 Å². The van der Waals surface area contributed by atoms with Crippen molar-refractivity contribution in [3.8, 4) is 0 Å². The van der Waals surface area contributed by atoms with Crippen molar-refractivity contribution in [3.63, 3.8) is 0 Å². The second kappa shape index (κ2) is 9.97. The predicted molar refractivity (Wildman–Crippen MR) is 74.6 cm³/mol. The van der Waals surface area contributed by atoms with Gasteiger partial charge in [-0.25, -0.2) is 0 Å². The Balaban J connectivity index is 0.000000281. The smallest absolute Gasteiger partial charge is 0.0307 e. The van der Waals surface area contributed by atoms with Crippen LogP contribution in [0.5, 0.6) is 0 Å². The van der Waals surface area contributed by atoms with Gasteiger partial charge in [0.2, 0.25) is 0 Å². The van der Waals surface area contributed by atoms with Crippen molar-refractivity contribution in [2.75, 3.05) is 0 Å². The van der Waals surface area contributed by atoms with Crippen molar-refractivity contribution in [1.82, 2.24) is 0 Å². The lowest BCUT2D eigenvalue weighted by atomic mass is 10.2. The highest BCUT2D eigenvalue weighted by Gasteiger charge is 1.79. The van der Waals surface area contributed by atoms with Crippen molar-refractivity contribution in [1.29, 1.82) is 0 Å². The first-order valence-electron chi connectivity index (χ1n) is 5.69. The molecule has 86 valence electrons. The molecule has 0 aromatic heterocycles. The molecule has 0 atom stereocenters. The Morgan fingerprint density at radius 3 is 2.19 bits per heavy atom. The van der Waals surface area contributed by atoms with Crippen molar-refractivity contribution in [3.05, 3.63) is 72.4 Å². The molecule has 0 radical (unpaired) electrons. The molecule has 0 aliphatic rings. The first-order chi connectivity index (χ1) is 7.70. The number of benzene rings is 1. The SMILES string of the molecule is C=C(C)/C=C\C=C/C.CCc1ccccc1. The van der Waals surface area contributed by atoms with Crippen LogP contribution in [0.25, 0.3) is 0 Å². The largest absolute Gasteiger partial charge is 0.0961 e. The highest BCUT2D eigenvalue weighted by Crippen LogP contribution is 1.96. The Bertz CT molecular complexity index is 328. The summed E-state index contributed by atoms with van der Waals surface area (Å²) in [7, 11) is 0. The van der Waals surface area contributed by atoms with E-state index >= 15 is 0 Å². The summed E-state index contributed by atoms with van der Waals surface area (Å²) in [4.78, 5) is 0. The van der Waals surface area contributed by atoms with Crippen LogP contribution in [0.1, 0.15) is 26.3 Å². The minimum Gasteiger partial charge on any atom is -0.0961 e. The molecule has 0 heterocycles. The van der Waals surface area contributed by atoms with E-state index in [2.05, 4.69) is 37.8 Å². The highest BCUT2D eigenvalue weighted by atomic mass is 13.9. The second-order valence-electron chi connectivity index (χ2n) is 3.57. The van der Waals surface area contributed by atoms with Gasteiger partial charge in [0.1, 0.15) is 0 Å². The van der Waals surface area contributed by atoms with Crippen LogP contribution < -0.4 is 0 Å². The van der Waals surface area contributed by atoms with Gasteiger partial charge in [-0.2, -0.15) is 0 Å². The normalized spacial score (nSPS) is 10.2. The fourth-order valence-electron chi connectivity index (χ4n) is 1.04. The lowest BCUT2D eigenvalue weighted by Crippen LogP contribution is -1.73. The first kappa shape index (κ1) is 14.4. The molecule has 1 rings (SSSR count). The van der Waals surface area contributed by atoms with Crippen LogP contribution >= 0.6 is 0 Å². The average Bonchev–Trinajstić information content (AvgIpc) is 2.31. The van der Waals surface area contributed by atoms with Crippen molar-refractivity contribution in [2.24, 2.45) is 0 Å². The molecule has 0 spiro atoms. The van der Waals surface area contributed by atoms with Gasteiger partial charge in [0.15, 0.2) is 0 Å². The maximum atomic E-state index is 3.71. The van der Waals surface area contributed by atoms with Gasteiger partial charge in [-0.3, -0.25) is 0 Å². The fourth-order valence-corrected chi connectivity index (χ4v) is 1.04. The van der Waals surface area contributed by atoms with Crippen LogP contribution in [0.15, 0.2) is 66.8 Å². The van der Waals surface area contributed by atoms with Gasteiger partial charge in [-0.1, -0.05) is 73.7 Å². The minimum atomic E-state index is 1.09. The van der Waals surface area contributed by atoms with E-state index in [0.717, 1.165) is 12.0 Å². The molecule has 0 heteroatoms. The van der Waals surface area contributed by atoms with Crippen LogP contribution in [0.3, 0.4) is 0 Å². The third-order valence-electron chi connectivity index (χ3n) is 1.94. The molecule has 0 saturated carbocycles. The maximum absolute atomic E-state index is 3.71. The molecule has 1 aromatic carbocycles. The maximum Gasteiger partial charge on any atom is -0.0307 e. The second-order valence-corrected chi connectivity index (χ2v) is 3.57. The molecular formula is C16H22. The molecule has 16 heavy (non-hydrogen) atoms. The molecule has 0 unspecified atom stereocenters. The summed E-state index contributed by atoms with van der Waals surface area (Å²) in [6.07, 6.45) is 9.05. The van der Waals surface area contributed by atoms with Crippen molar-refractivity contribution in [2.45, 2.75) is 27.2 Å². The zero-order chi connectivity index (χ0) is 12.2. The van der Waals surface area contributed by atoms with E-state index in [1.54, 1.807) is 0 Å². The molecule has 0 N–H and O–H groups in total. The Morgan fingerprint density at radius 1 is 1.19 bits per heavy atom. The molecule has 0 aliphatic carbocycles. The van der Waals surface area contributed by atoms with E-state index in [1.807, 2.05) is 44.2 Å². The van der Waals surface area contributed by atoms with Gasteiger partial charge < -0.3 is 0 Å². The lowest BCUT2D eigenvalue weighted by molar-refractivity contribution is 1.14. The summed E-state index contributed by atoms with van der Waals surface area (Å²) in [6.45, 7) is 9.83. The van der Waals surface area contributed by atoms with Gasteiger partial charge in [0, 0.05) is 0 Å². The summed E-state index contributed by atoms with van der Waals surface area (Å²) < 4.78 is 0. The summed E-state index contributed by atoms with van der Waals surface area (Å²) in [5.41, 5.74) is 2.50. The Kier molecular flexibility index (Phi) is 9.00. The third-order valence-corrected chi connectivity index (χ3v) is 1.94. The number of hydrogen-bond donors (Lipinski definition) is 0. The van der Waals surface area contributed by atoms with E-state index in [9.17, 15) is 0 Å². The quantitative estimate of drug-likeness (QED) is 0.625. The van der Waals surface area contributed by atoms with Gasteiger partial charge in [0.25, 0.3) is 0 Å². The van der Waals surface area contributed by atoms with Gasteiger partial charge in [-0.15, -0.1) is 0 Å². The topological polar surface area (TPSA) is 0 Å². The summed E-state index contributed by atoms with van der Waals surface area (Å²) in [6, 6.07) is 10.5. The highest BCUT2D eigenvalue weighted by molar-refractivity contribution is 5.16. The number of hydrogen-bond acceptors (Lipinski definition) is 0. The Morgan fingerprint density at radius 2 is 1.81 bits per heavy atom. The van der Waals surface area contributed by atoms with Crippen LogP contribution in [-0.2, 0) is 6.42 Å². The Hall–Kier alpha value is -1.56. The zero-order valence-electron chi connectivity index (χ0n) is 10.6. The van der Waals surface area contributed by atoms with E-state index in [1.165, 1.54) is 5.56 Å². The molecule has 0 saturated heterocycles. The van der Waals surface area contributed by atoms with Gasteiger partial charge >= 0.3 is 0 Å². The fraction of sp³-hybridized carbons (Fsp3) is 0.250. The molecular weight excluding hydrogens is 192 g/mol. The van der Waals surface area contributed by atoms with Crippen LogP contribution in [0.4, 0.5) is 0 Å². The summed E-state index contributed by atoms with van der Waals surface area (Å²) >= 11 is 0. The summed E-state index contributed by atoms with van der Waals surface area (Å²) in [5.74, 6) is 0. The monoisotopic (exact) mass is 214 g/mol. The van der Waals surface area contributed by atoms with Crippen LogP contribution in [-0.4, -0.2) is 0 Å².